The van der Waals surface area contributed by atoms with E-state index in [0.717, 1.165) is 10.9 Å². The molecule has 2 atom stereocenters. The van der Waals surface area contributed by atoms with Crippen molar-refractivity contribution in [3.05, 3.63) is 29.8 Å². The number of aliphatic imine (C=N–C) groups is 1. The van der Waals surface area contributed by atoms with Crippen LogP contribution >= 0.6 is 0 Å². The summed E-state index contributed by atoms with van der Waals surface area (Å²) in [6.45, 7) is 0.116. The van der Waals surface area contributed by atoms with Crippen molar-refractivity contribution in [1.82, 2.24) is 4.57 Å². The molecule has 0 amide bonds. The fraction of sp³-hybridized carbons (Fsp3) is 0.353. The maximum Gasteiger partial charge on any atom is 0.315 e. The summed E-state index contributed by atoms with van der Waals surface area (Å²) in [7, 11) is 4.25. The van der Waals surface area contributed by atoms with Crippen molar-refractivity contribution in [2.75, 3.05) is 20.8 Å². The molecule has 0 saturated heterocycles. The van der Waals surface area contributed by atoms with Crippen molar-refractivity contribution in [2.24, 2.45) is 23.9 Å². The number of hydrogen-bond acceptors (Lipinski definition) is 6. The summed E-state index contributed by atoms with van der Waals surface area (Å²) in [5.74, 6) is -2.76. The van der Waals surface area contributed by atoms with Crippen LogP contribution in [-0.2, 0) is 26.1 Å². The van der Waals surface area contributed by atoms with E-state index < -0.39 is 23.8 Å². The Balaban J connectivity index is 2.17. The van der Waals surface area contributed by atoms with Gasteiger partial charge in [-0.15, -0.1) is 0 Å². The molecule has 1 aromatic carbocycles. The van der Waals surface area contributed by atoms with Crippen LogP contribution in [0.4, 0.5) is 0 Å². The number of fused-ring (bicyclic) bond motifs is 1. The summed E-state index contributed by atoms with van der Waals surface area (Å²) in [6.07, 6.45) is 0. The highest BCUT2D eigenvalue weighted by molar-refractivity contribution is 6.21. The standard InChI is InChI=1S/C17H18N2O5/c1-19-11-7-5-4-6-9(11)12(15(19)20)14-13(17(22)24-3)10(8-18-14)16(21)23-2/h4-7,10,13,20H,8H2,1-3H3/t10-,13-/m0/s1. The number of ether oxygens (including phenoxy) is 2. The molecule has 0 radical (unpaired) electrons. The minimum Gasteiger partial charge on any atom is -0.494 e. The second-order valence-electron chi connectivity index (χ2n) is 5.63. The first kappa shape index (κ1) is 16.0. The normalized spacial score (nSPS) is 20.0. The predicted octanol–water partition coefficient (Wildman–Crippen LogP) is 1.26. The highest BCUT2D eigenvalue weighted by atomic mass is 16.5. The highest BCUT2D eigenvalue weighted by Gasteiger charge is 2.45. The van der Waals surface area contributed by atoms with Crippen molar-refractivity contribution in [3.8, 4) is 5.88 Å². The van der Waals surface area contributed by atoms with Gasteiger partial charge >= 0.3 is 11.9 Å². The lowest BCUT2D eigenvalue weighted by Gasteiger charge is -2.17. The third-order valence-corrected chi connectivity index (χ3v) is 4.45. The molecule has 1 aliphatic heterocycles. The molecule has 3 rings (SSSR count). The number of methoxy groups -OCH3 is 2. The first-order chi connectivity index (χ1) is 11.5. The fourth-order valence-corrected chi connectivity index (χ4v) is 3.22. The smallest absolute Gasteiger partial charge is 0.315 e. The van der Waals surface area contributed by atoms with Gasteiger partial charge in [0.25, 0.3) is 0 Å². The van der Waals surface area contributed by atoms with E-state index in [1.54, 1.807) is 11.6 Å². The molecule has 2 aromatic rings. The van der Waals surface area contributed by atoms with Crippen molar-refractivity contribution in [2.45, 2.75) is 0 Å². The fourth-order valence-electron chi connectivity index (χ4n) is 3.22. The van der Waals surface area contributed by atoms with Gasteiger partial charge in [-0.25, -0.2) is 0 Å². The van der Waals surface area contributed by atoms with Gasteiger partial charge in [0.1, 0.15) is 5.92 Å². The number of rotatable bonds is 3. The van der Waals surface area contributed by atoms with Crippen LogP contribution in [0.1, 0.15) is 5.56 Å². The number of aryl methyl sites for hydroxylation is 1. The SMILES string of the molecule is COC(=O)[C@@H]1C(c2c(O)n(C)c3ccccc23)=NC[C@@H]1C(=O)OC. The predicted molar refractivity (Wildman–Crippen MR) is 87.0 cm³/mol. The molecule has 0 fully saturated rings. The molecule has 0 bridgehead atoms. The molecule has 24 heavy (non-hydrogen) atoms. The number of nitrogens with zero attached hydrogens (tertiary/aromatic N) is 2. The number of para-hydroxylation sites is 1. The molecule has 2 heterocycles. The number of aromatic hydroxyl groups is 1. The van der Waals surface area contributed by atoms with Crippen LogP contribution in [0.3, 0.4) is 0 Å². The van der Waals surface area contributed by atoms with E-state index in [2.05, 4.69) is 4.99 Å². The lowest BCUT2D eigenvalue weighted by Crippen LogP contribution is -2.34. The molecule has 0 spiro atoms. The van der Waals surface area contributed by atoms with Gasteiger partial charge in [-0.1, -0.05) is 18.2 Å². The van der Waals surface area contributed by atoms with Crippen molar-refractivity contribution in [1.29, 1.82) is 0 Å². The summed E-state index contributed by atoms with van der Waals surface area (Å²) in [5.41, 5.74) is 1.61. The minimum atomic E-state index is -0.904. The lowest BCUT2D eigenvalue weighted by molar-refractivity contribution is -0.153. The summed E-state index contributed by atoms with van der Waals surface area (Å²) in [6, 6.07) is 7.40. The number of carbonyl (C=O) groups excluding carboxylic acids is 2. The number of carbonyl (C=O) groups is 2. The molecule has 126 valence electrons. The van der Waals surface area contributed by atoms with Crippen molar-refractivity contribution >= 4 is 28.6 Å². The second-order valence-corrected chi connectivity index (χ2v) is 5.63. The number of esters is 2. The third kappa shape index (κ3) is 2.24. The topological polar surface area (TPSA) is 90.1 Å². The molecule has 7 nitrogen and oxygen atoms in total. The zero-order valence-corrected chi connectivity index (χ0v) is 13.6. The van der Waals surface area contributed by atoms with Crippen LogP contribution in [0.15, 0.2) is 29.3 Å². The quantitative estimate of drug-likeness (QED) is 0.856. The van der Waals surface area contributed by atoms with Gasteiger partial charge in [-0.05, 0) is 6.07 Å². The molecule has 1 N–H and O–H groups in total. The maximum atomic E-state index is 12.3. The first-order valence-corrected chi connectivity index (χ1v) is 7.48. The summed E-state index contributed by atoms with van der Waals surface area (Å²) >= 11 is 0. The van der Waals surface area contributed by atoms with Crippen molar-refractivity contribution in [3.63, 3.8) is 0 Å². The van der Waals surface area contributed by atoms with E-state index in [-0.39, 0.29) is 12.4 Å². The summed E-state index contributed by atoms with van der Waals surface area (Å²) < 4.78 is 11.3. The Morgan fingerprint density at radius 2 is 1.88 bits per heavy atom. The van der Waals surface area contributed by atoms with Gasteiger partial charge in [-0.3, -0.25) is 14.6 Å². The largest absolute Gasteiger partial charge is 0.494 e. The van der Waals surface area contributed by atoms with Gasteiger partial charge < -0.3 is 19.1 Å². The van der Waals surface area contributed by atoms with E-state index in [4.69, 9.17) is 9.47 Å². The molecular formula is C17H18N2O5. The third-order valence-electron chi connectivity index (χ3n) is 4.45. The Morgan fingerprint density at radius 3 is 2.54 bits per heavy atom. The highest BCUT2D eigenvalue weighted by Crippen LogP contribution is 2.37. The van der Waals surface area contributed by atoms with Crippen LogP contribution in [0.5, 0.6) is 5.88 Å². The van der Waals surface area contributed by atoms with Crippen molar-refractivity contribution < 1.29 is 24.2 Å². The Bertz CT molecular complexity index is 852. The molecule has 0 unspecified atom stereocenters. The molecule has 0 saturated carbocycles. The lowest BCUT2D eigenvalue weighted by atomic mass is 9.87. The van der Waals surface area contributed by atoms with Gasteiger partial charge in [0, 0.05) is 12.4 Å². The van der Waals surface area contributed by atoms with Crippen LogP contribution in [0.25, 0.3) is 10.9 Å². The van der Waals surface area contributed by atoms with Gasteiger partial charge in [0.15, 0.2) is 0 Å². The van der Waals surface area contributed by atoms with E-state index in [9.17, 15) is 14.7 Å². The minimum absolute atomic E-state index is 0.00521. The monoisotopic (exact) mass is 330 g/mol. The van der Waals surface area contributed by atoms with E-state index >= 15 is 0 Å². The molecular weight excluding hydrogens is 312 g/mol. The van der Waals surface area contributed by atoms with Crippen LogP contribution < -0.4 is 0 Å². The Morgan fingerprint density at radius 1 is 1.21 bits per heavy atom. The Hall–Kier alpha value is -2.83. The zero-order chi connectivity index (χ0) is 17.4. The van der Waals surface area contributed by atoms with Gasteiger partial charge in [-0.2, -0.15) is 0 Å². The van der Waals surface area contributed by atoms with Gasteiger partial charge in [0.2, 0.25) is 5.88 Å². The number of hydrogen-bond donors (Lipinski definition) is 1. The molecule has 0 aliphatic carbocycles. The van der Waals surface area contributed by atoms with Gasteiger partial charge in [0.05, 0.1) is 43.5 Å². The average molecular weight is 330 g/mol. The summed E-state index contributed by atoms with van der Waals surface area (Å²) in [4.78, 5) is 28.7. The second kappa shape index (κ2) is 5.99. The van der Waals surface area contributed by atoms with Crippen LogP contribution in [-0.4, -0.2) is 48.1 Å². The maximum absolute atomic E-state index is 12.3. The Labute approximate surface area is 138 Å². The summed E-state index contributed by atoms with van der Waals surface area (Å²) in [5, 5.41) is 11.3. The van der Waals surface area contributed by atoms with E-state index in [1.165, 1.54) is 14.2 Å². The zero-order valence-electron chi connectivity index (χ0n) is 13.6. The molecule has 7 heteroatoms. The van der Waals surface area contributed by atoms with Crippen LogP contribution in [0.2, 0.25) is 0 Å². The Kier molecular flexibility index (Phi) is 4.01. The average Bonchev–Trinajstić information content (AvgIpc) is 3.14. The molecule has 1 aromatic heterocycles. The van der Waals surface area contributed by atoms with E-state index in [1.807, 2.05) is 24.3 Å². The number of aromatic nitrogens is 1. The molecule has 1 aliphatic rings. The van der Waals surface area contributed by atoms with E-state index in [0.29, 0.717) is 11.3 Å². The first-order valence-electron chi connectivity index (χ1n) is 7.48. The number of benzene rings is 1. The van der Waals surface area contributed by atoms with Crippen LogP contribution in [0, 0.1) is 11.8 Å².